The molecule has 7 N–H and O–H groups in total. The fourth-order valence-corrected chi connectivity index (χ4v) is 6.42. The maximum absolute atomic E-state index is 11.3. The molecule has 1 heterocycles. The molecule has 1 aliphatic heterocycles. The first-order valence-electron chi connectivity index (χ1n) is 18.0. The average Bonchev–Trinajstić information content (AvgIpc) is 3.04. The third-order valence-electron chi connectivity index (χ3n) is 9.18. The molecule has 0 amide bonds. The lowest BCUT2D eigenvalue weighted by Crippen LogP contribution is -2.46. The second-order valence-corrected chi connectivity index (χ2v) is 13.0. The summed E-state index contributed by atoms with van der Waals surface area (Å²) < 4.78 is 0. The highest BCUT2D eigenvalue weighted by Crippen LogP contribution is 2.28. The van der Waals surface area contributed by atoms with Gasteiger partial charge in [0.05, 0.1) is 24.9 Å². The summed E-state index contributed by atoms with van der Waals surface area (Å²) in [5.41, 5.74) is 5.34. The number of rotatable bonds is 20. The maximum atomic E-state index is 11.3. The Bertz CT molecular complexity index is 1180. The number of aliphatic carboxylic acids is 1. The zero-order chi connectivity index (χ0) is 34.6. The number of carboxylic acid groups (broad SMARTS) is 1. The van der Waals surface area contributed by atoms with Gasteiger partial charge in [-0.05, 0) is 87.1 Å². The van der Waals surface area contributed by atoms with Crippen molar-refractivity contribution in [2.45, 2.75) is 154 Å². The molecular weight excluding hydrogens is 592 g/mol. The van der Waals surface area contributed by atoms with Crippen LogP contribution < -0.4 is 10.6 Å². The Hall–Kier alpha value is -2.51. The van der Waals surface area contributed by atoms with Gasteiger partial charge in [-0.1, -0.05) is 88.6 Å². The molecule has 0 aliphatic carbocycles. The number of carbonyl (C=O) groups is 1. The van der Waals surface area contributed by atoms with Crippen LogP contribution in [0.1, 0.15) is 121 Å². The van der Waals surface area contributed by atoms with Crippen molar-refractivity contribution in [3.8, 4) is 11.8 Å². The Morgan fingerprint density at radius 3 is 2.53 bits per heavy atom. The van der Waals surface area contributed by atoms with Crippen LogP contribution >= 0.6 is 0 Å². The monoisotopic (exact) mass is 654 g/mol. The molecule has 1 aromatic carbocycles. The minimum atomic E-state index is -0.964. The summed E-state index contributed by atoms with van der Waals surface area (Å²) in [6.45, 7) is 8.43. The summed E-state index contributed by atoms with van der Waals surface area (Å²) in [4.78, 5) is 11.3. The van der Waals surface area contributed by atoms with Crippen LogP contribution in [0.25, 0.3) is 0 Å². The molecule has 0 fully saturated rings. The van der Waals surface area contributed by atoms with Gasteiger partial charge in [-0.25, -0.2) is 0 Å². The lowest BCUT2D eigenvalue weighted by atomic mass is 9.86. The highest BCUT2D eigenvalue weighted by atomic mass is 16.4. The fourth-order valence-electron chi connectivity index (χ4n) is 6.42. The van der Waals surface area contributed by atoms with E-state index in [2.05, 4.69) is 54.5 Å². The quantitative estimate of drug-likeness (QED) is 0.0752. The Balaban J connectivity index is 2.63. The largest absolute Gasteiger partial charge is 0.481 e. The Morgan fingerprint density at radius 2 is 1.87 bits per heavy atom. The predicted molar refractivity (Wildman–Crippen MR) is 190 cm³/mol. The van der Waals surface area contributed by atoms with E-state index in [9.17, 15) is 30.3 Å². The van der Waals surface area contributed by atoms with Crippen LogP contribution in [-0.2, 0) is 17.6 Å². The number of aliphatic hydroxyl groups is 4. The van der Waals surface area contributed by atoms with Crippen LogP contribution in [0.4, 0.5) is 0 Å². The highest BCUT2D eigenvalue weighted by Gasteiger charge is 2.26. The standard InChI is InChI=1S/C39H62N2O6/c1-5-8-9-16-33(44)24-22-31-21-20-30-14-10-13-29(6-2)35(30)17-12-18-37(28(4)43)41-38(36(31)26-34(45)27-42)19-11-15-32(40-7-3)23-25-39(46)47/h10,13-14,22,24,28,32-34,37-38,40-45H,5-9,11,15-16,18-21,23,25-27H2,1-4H3,(H,46,47)/t28-,32+,33-,34-,37+,38-/m0/s1. The lowest BCUT2D eigenvalue weighted by Gasteiger charge is -2.32. The molecule has 264 valence electrons. The predicted octanol–water partition coefficient (Wildman–Crippen LogP) is 5.19. The summed E-state index contributed by atoms with van der Waals surface area (Å²) in [6, 6.07) is 5.80. The summed E-state index contributed by atoms with van der Waals surface area (Å²) >= 11 is 0. The number of aliphatic hydroxyl groups excluding tert-OH is 4. The molecule has 0 saturated carbocycles. The van der Waals surface area contributed by atoms with Crippen molar-refractivity contribution in [1.82, 2.24) is 10.6 Å². The number of fused-ring (bicyclic) bond motifs is 1. The van der Waals surface area contributed by atoms with Gasteiger partial charge in [0.25, 0.3) is 0 Å². The maximum Gasteiger partial charge on any atom is 0.303 e. The first kappa shape index (κ1) is 40.7. The van der Waals surface area contributed by atoms with Crippen LogP contribution in [0.5, 0.6) is 0 Å². The molecule has 47 heavy (non-hydrogen) atoms. The van der Waals surface area contributed by atoms with Crippen LogP contribution in [0.3, 0.4) is 0 Å². The molecular formula is C39H62N2O6. The molecule has 0 spiro atoms. The highest BCUT2D eigenvalue weighted by molar-refractivity contribution is 5.66. The van der Waals surface area contributed by atoms with Gasteiger partial charge in [-0.2, -0.15) is 0 Å². The molecule has 0 bridgehead atoms. The van der Waals surface area contributed by atoms with Crippen molar-refractivity contribution in [3.05, 3.63) is 58.2 Å². The van der Waals surface area contributed by atoms with E-state index >= 15 is 0 Å². The van der Waals surface area contributed by atoms with Gasteiger partial charge in [0.15, 0.2) is 0 Å². The summed E-state index contributed by atoms with van der Waals surface area (Å²) in [5.74, 6) is 5.99. The molecule has 8 nitrogen and oxygen atoms in total. The van der Waals surface area contributed by atoms with E-state index in [4.69, 9.17) is 0 Å². The molecule has 0 unspecified atom stereocenters. The van der Waals surface area contributed by atoms with Crippen LogP contribution in [0, 0.1) is 11.8 Å². The third kappa shape index (κ3) is 15.1. The Morgan fingerprint density at radius 1 is 1.09 bits per heavy atom. The van der Waals surface area contributed by atoms with E-state index in [0.29, 0.717) is 32.1 Å². The number of benzene rings is 1. The molecule has 1 aliphatic rings. The Labute approximate surface area is 283 Å². The van der Waals surface area contributed by atoms with E-state index < -0.39 is 24.3 Å². The first-order valence-corrected chi connectivity index (χ1v) is 18.0. The zero-order valence-electron chi connectivity index (χ0n) is 29.3. The van der Waals surface area contributed by atoms with Crippen molar-refractivity contribution >= 4 is 5.97 Å². The topological polar surface area (TPSA) is 142 Å². The summed E-state index contributed by atoms with van der Waals surface area (Å²) in [7, 11) is 0. The first-order chi connectivity index (χ1) is 22.6. The van der Waals surface area contributed by atoms with E-state index in [1.54, 1.807) is 6.92 Å². The number of carboxylic acids is 1. The van der Waals surface area contributed by atoms with Crippen LogP contribution in [-0.4, -0.2) is 81.1 Å². The summed E-state index contributed by atoms with van der Waals surface area (Å²) in [5, 5.41) is 59.0. The number of hydrogen-bond acceptors (Lipinski definition) is 7. The van der Waals surface area contributed by atoms with Gasteiger partial charge in [0.1, 0.15) is 0 Å². The molecule has 6 atom stereocenters. The molecule has 0 radical (unpaired) electrons. The van der Waals surface area contributed by atoms with E-state index in [1.807, 2.05) is 19.1 Å². The minimum absolute atomic E-state index is 0.0677. The van der Waals surface area contributed by atoms with Crippen molar-refractivity contribution in [1.29, 1.82) is 0 Å². The van der Waals surface area contributed by atoms with Crippen molar-refractivity contribution < 1.29 is 30.3 Å². The van der Waals surface area contributed by atoms with Crippen LogP contribution in [0.2, 0.25) is 0 Å². The van der Waals surface area contributed by atoms with Crippen molar-refractivity contribution in [2.24, 2.45) is 0 Å². The van der Waals surface area contributed by atoms with Gasteiger partial charge in [0.2, 0.25) is 0 Å². The number of unbranched alkanes of at least 4 members (excludes halogenated alkanes) is 2. The normalized spacial score (nSPS) is 20.0. The summed E-state index contributed by atoms with van der Waals surface area (Å²) in [6.07, 6.45) is 11.2. The zero-order valence-corrected chi connectivity index (χ0v) is 29.3. The van der Waals surface area contributed by atoms with Crippen molar-refractivity contribution in [2.75, 3.05) is 13.2 Å². The van der Waals surface area contributed by atoms with Gasteiger partial charge >= 0.3 is 5.97 Å². The molecule has 8 heteroatoms. The number of nitrogens with one attached hydrogen (secondary N) is 2. The van der Waals surface area contributed by atoms with E-state index in [1.165, 1.54) is 5.56 Å². The number of aryl methyl sites for hydroxylation is 2. The van der Waals surface area contributed by atoms with Gasteiger partial charge in [0, 0.05) is 36.5 Å². The van der Waals surface area contributed by atoms with Gasteiger partial charge in [-0.3, -0.25) is 4.79 Å². The van der Waals surface area contributed by atoms with E-state index in [0.717, 1.165) is 73.8 Å². The van der Waals surface area contributed by atoms with Gasteiger partial charge < -0.3 is 36.2 Å². The molecule has 2 rings (SSSR count). The second kappa shape index (κ2) is 23.0. The van der Waals surface area contributed by atoms with E-state index in [-0.39, 0.29) is 37.6 Å². The number of allylic oxidation sites excluding steroid dienone is 2. The lowest BCUT2D eigenvalue weighted by molar-refractivity contribution is -0.137. The molecule has 0 saturated heterocycles. The second-order valence-electron chi connectivity index (χ2n) is 13.0. The molecule has 0 aromatic heterocycles. The molecule has 1 aromatic rings. The SMILES string of the molecule is CCCCC[C@H](O)C=CC1=C(C[C@H](O)CO)[C@H](CCC[C@H](CCC(=O)O)NCC)N[C@@H]([C@H](C)O)CC#Cc2c(CC)cccc2CC1. The minimum Gasteiger partial charge on any atom is -0.481 e. The fraction of sp³-hybridized carbons (Fsp3) is 0.667. The number of hydrogen-bond donors (Lipinski definition) is 7. The smallest absolute Gasteiger partial charge is 0.303 e. The van der Waals surface area contributed by atoms with Gasteiger partial charge in [-0.15, -0.1) is 0 Å². The third-order valence-corrected chi connectivity index (χ3v) is 9.18. The average molecular weight is 655 g/mol. The van der Waals surface area contributed by atoms with Crippen LogP contribution in [0.15, 0.2) is 41.5 Å². The Kier molecular flexibility index (Phi) is 19.9. The van der Waals surface area contributed by atoms with Crippen molar-refractivity contribution in [3.63, 3.8) is 0 Å².